The number of anilines is 1. The summed E-state index contributed by atoms with van der Waals surface area (Å²) in [6.07, 6.45) is -3.11. The number of halogens is 3. The van der Waals surface area contributed by atoms with Gasteiger partial charge in [0, 0.05) is 35.8 Å². The van der Waals surface area contributed by atoms with Gasteiger partial charge in [-0.1, -0.05) is 25.5 Å². The molecule has 6 nitrogen and oxygen atoms in total. The number of rotatable bonds is 9. The lowest BCUT2D eigenvalue weighted by molar-refractivity contribution is -0.274. The summed E-state index contributed by atoms with van der Waals surface area (Å²) in [4.78, 5) is 0. The summed E-state index contributed by atoms with van der Waals surface area (Å²) in [5.74, 6) is -0.300. The lowest BCUT2D eigenvalue weighted by Gasteiger charge is -2.11. The van der Waals surface area contributed by atoms with E-state index in [4.69, 9.17) is 0 Å². The largest absolute Gasteiger partial charge is 0.573 e. The molecule has 0 amide bonds. The number of nitriles is 1. The Morgan fingerprint density at radius 2 is 1.82 bits per heavy atom. The molecule has 0 spiro atoms. The standard InChI is InChI=1S/C23H24F3N3O3S/c1-3-5-12-33(30,31)28-17-8-6-16(7-9-17)13-21-20(15-27)19-11-10-18(32-23(24,25)26)14-22(19)29(21)4-2/h6-11,14,28H,3-5,12-13H2,1-2H3. The number of nitrogens with zero attached hydrogens (tertiary/aromatic N) is 2. The summed E-state index contributed by atoms with van der Waals surface area (Å²) in [7, 11) is -3.41. The van der Waals surface area contributed by atoms with Gasteiger partial charge in [0.05, 0.1) is 16.8 Å². The van der Waals surface area contributed by atoms with Crippen molar-refractivity contribution in [2.24, 2.45) is 0 Å². The first kappa shape index (κ1) is 24.5. The minimum atomic E-state index is -4.81. The second-order valence-electron chi connectivity index (χ2n) is 7.55. The van der Waals surface area contributed by atoms with E-state index in [9.17, 15) is 26.9 Å². The van der Waals surface area contributed by atoms with Crippen LogP contribution in [-0.4, -0.2) is 25.1 Å². The Labute approximate surface area is 190 Å². The zero-order valence-corrected chi connectivity index (χ0v) is 19.1. The Morgan fingerprint density at radius 1 is 1.12 bits per heavy atom. The van der Waals surface area contributed by atoms with Crippen LogP contribution in [0.5, 0.6) is 5.75 Å². The number of aromatic nitrogens is 1. The zero-order valence-electron chi connectivity index (χ0n) is 18.2. The topological polar surface area (TPSA) is 84.1 Å². The van der Waals surface area contributed by atoms with E-state index in [-0.39, 0.29) is 11.5 Å². The maximum atomic E-state index is 12.6. The van der Waals surface area contributed by atoms with E-state index in [2.05, 4.69) is 15.5 Å². The molecule has 1 aromatic heterocycles. The lowest BCUT2D eigenvalue weighted by atomic mass is 10.0. The SMILES string of the molecule is CCCCS(=O)(=O)Nc1ccc(Cc2c(C#N)c3ccc(OC(F)(F)F)cc3n2CC)cc1. The molecule has 1 N–H and O–H groups in total. The van der Waals surface area contributed by atoms with E-state index in [1.165, 1.54) is 18.2 Å². The Balaban J connectivity index is 1.91. The van der Waals surface area contributed by atoms with E-state index in [1.807, 2.05) is 13.8 Å². The fraction of sp³-hybridized carbons (Fsp3) is 0.348. The van der Waals surface area contributed by atoms with Gasteiger partial charge in [-0.3, -0.25) is 4.72 Å². The molecule has 0 aliphatic carbocycles. The van der Waals surface area contributed by atoms with Gasteiger partial charge in [-0.25, -0.2) is 8.42 Å². The lowest BCUT2D eigenvalue weighted by Crippen LogP contribution is -2.17. The number of hydrogen-bond donors (Lipinski definition) is 1. The second kappa shape index (κ2) is 9.75. The predicted octanol–water partition coefficient (Wildman–Crippen LogP) is 5.56. The Hall–Kier alpha value is -3.19. The third-order valence-corrected chi connectivity index (χ3v) is 6.54. The molecule has 0 atom stereocenters. The van der Waals surface area contributed by atoms with E-state index in [0.29, 0.717) is 47.2 Å². The molecular weight excluding hydrogens is 455 g/mol. The van der Waals surface area contributed by atoms with Crippen LogP contribution < -0.4 is 9.46 Å². The van der Waals surface area contributed by atoms with Gasteiger partial charge in [0.1, 0.15) is 11.8 Å². The summed E-state index contributed by atoms with van der Waals surface area (Å²) in [5, 5.41) is 10.3. The molecule has 176 valence electrons. The third-order valence-electron chi connectivity index (χ3n) is 5.17. The molecule has 1 heterocycles. The van der Waals surface area contributed by atoms with Crippen molar-refractivity contribution in [2.45, 2.75) is 46.0 Å². The second-order valence-corrected chi connectivity index (χ2v) is 9.39. The van der Waals surface area contributed by atoms with Crippen LogP contribution >= 0.6 is 0 Å². The van der Waals surface area contributed by atoms with E-state index < -0.39 is 16.4 Å². The number of unbranched alkanes of at least 4 members (excludes halogenated alkanes) is 1. The van der Waals surface area contributed by atoms with Crippen LogP contribution in [0, 0.1) is 11.3 Å². The van der Waals surface area contributed by atoms with Crippen LogP contribution in [-0.2, 0) is 23.0 Å². The van der Waals surface area contributed by atoms with Crippen molar-refractivity contribution in [1.82, 2.24) is 4.57 Å². The molecule has 3 rings (SSSR count). The van der Waals surface area contributed by atoms with Crippen molar-refractivity contribution in [3.8, 4) is 11.8 Å². The average molecular weight is 480 g/mol. The molecular formula is C23H24F3N3O3S. The summed E-state index contributed by atoms with van der Waals surface area (Å²) >= 11 is 0. The Morgan fingerprint density at radius 3 is 2.39 bits per heavy atom. The molecule has 0 bridgehead atoms. The van der Waals surface area contributed by atoms with Gasteiger partial charge in [-0.15, -0.1) is 13.2 Å². The fourth-order valence-corrected chi connectivity index (χ4v) is 4.96. The number of sulfonamides is 1. The van der Waals surface area contributed by atoms with Crippen molar-refractivity contribution in [1.29, 1.82) is 5.26 Å². The third kappa shape index (κ3) is 5.99. The normalized spacial score (nSPS) is 12.0. The summed E-state index contributed by atoms with van der Waals surface area (Å²) < 4.78 is 70.4. The van der Waals surface area contributed by atoms with E-state index in [1.54, 1.807) is 28.8 Å². The van der Waals surface area contributed by atoms with Crippen LogP contribution in [0.2, 0.25) is 0 Å². The van der Waals surface area contributed by atoms with Gasteiger partial charge in [0.15, 0.2) is 0 Å². The molecule has 10 heteroatoms. The Kier molecular flexibility index (Phi) is 7.22. The maximum absolute atomic E-state index is 12.6. The minimum Gasteiger partial charge on any atom is -0.406 e. The molecule has 0 saturated carbocycles. The first-order valence-corrected chi connectivity index (χ1v) is 12.1. The smallest absolute Gasteiger partial charge is 0.406 e. The van der Waals surface area contributed by atoms with E-state index in [0.717, 1.165) is 12.0 Å². The van der Waals surface area contributed by atoms with Crippen molar-refractivity contribution in [3.05, 3.63) is 59.3 Å². The maximum Gasteiger partial charge on any atom is 0.573 e. The molecule has 2 aromatic carbocycles. The first-order valence-electron chi connectivity index (χ1n) is 10.5. The Bertz CT molecular complexity index is 1270. The van der Waals surface area contributed by atoms with Crippen LogP contribution in [0.15, 0.2) is 42.5 Å². The summed E-state index contributed by atoms with van der Waals surface area (Å²) in [6.45, 7) is 4.20. The van der Waals surface area contributed by atoms with Crippen molar-refractivity contribution in [3.63, 3.8) is 0 Å². The molecule has 33 heavy (non-hydrogen) atoms. The van der Waals surface area contributed by atoms with Crippen LogP contribution in [0.4, 0.5) is 18.9 Å². The molecule has 3 aromatic rings. The molecule has 0 radical (unpaired) electrons. The highest BCUT2D eigenvalue weighted by molar-refractivity contribution is 7.92. The van der Waals surface area contributed by atoms with Gasteiger partial charge >= 0.3 is 6.36 Å². The van der Waals surface area contributed by atoms with Gasteiger partial charge in [-0.2, -0.15) is 5.26 Å². The average Bonchev–Trinajstić information content (AvgIpc) is 3.03. The molecule has 0 aliphatic rings. The number of aryl methyl sites for hydroxylation is 1. The number of benzene rings is 2. The highest BCUT2D eigenvalue weighted by atomic mass is 32.2. The number of nitrogens with one attached hydrogen (secondary N) is 1. The van der Waals surface area contributed by atoms with Crippen LogP contribution in [0.1, 0.15) is 43.5 Å². The summed E-state index contributed by atoms with van der Waals surface area (Å²) in [5.41, 5.74) is 2.80. The number of alkyl halides is 3. The molecule has 0 aliphatic heterocycles. The monoisotopic (exact) mass is 479 g/mol. The zero-order chi connectivity index (χ0) is 24.2. The van der Waals surface area contributed by atoms with Crippen molar-refractivity contribution < 1.29 is 26.3 Å². The molecule has 0 saturated heterocycles. The minimum absolute atomic E-state index is 0.0490. The predicted molar refractivity (Wildman–Crippen MR) is 121 cm³/mol. The van der Waals surface area contributed by atoms with Gasteiger partial charge < -0.3 is 9.30 Å². The highest BCUT2D eigenvalue weighted by Crippen LogP contribution is 2.32. The fourth-order valence-electron chi connectivity index (χ4n) is 3.70. The van der Waals surface area contributed by atoms with Gasteiger partial charge in [0.2, 0.25) is 10.0 Å². The quantitative estimate of drug-likeness (QED) is 0.435. The van der Waals surface area contributed by atoms with Crippen LogP contribution in [0.25, 0.3) is 10.9 Å². The number of ether oxygens (including phenoxy) is 1. The molecule has 0 fully saturated rings. The van der Waals surface area contributed by atoms with Crippen molar-refractivity contribution >= 4 is 26.6 Å². The highest BCUT2D eigenvalue weighted by Gasteiger charge is 2.31. The van der Waals surface area contributed by atoms with Crippen LogP contribution in [0.3, 0.4) is 0 Å². The first-order chi connectivity index (χ1) is 15.6. The van der Waals surface area contributed by atoms with Gasteiger partial charge in [-0.05, 0) is 43.2 Å². The number of fused-ring (bicyclic) bond motifs is 1. The molecule has 0 unspecified atom stereocenters. The van der Waals surface area contributed by atoms with Crippen molar-refractivity contribution in [2.75, 3.05) is 10.5 Å². The van der Waals surface area contributed by atoms with Gasteiger partial charge in [0.25, 0.3) is 0 Å². The number of hydrogen-bond acceptors (Lipinski definition) is 4. The van der Waals surface area contributed by atoms with E-state index >= 15 is 0 Å². The summed E-state index contributed by atoms with van der Waals surface area (Å²) in [6, 6.07) is 12.9.